The fourth-order valence-corrected chi connectivity index (χ4v) is 4.53. The molecule has 0 aliphatic heterocycles. The van der Waals surface area contributed by atoms with Gasteiger partial charge >= 0.3 is 0 Å². The number of carbonyl (C=O) groups excluding carboxylic acids is 1. The fraction of sp³-hybridized carbons (Fsp3) is 0.185. The van der Waals surface area contributed by atoms with Crippen LogP contribution < -0.4 is 20.3 Å². The molecule has 0 radical (unpaired) electrons. The van der Waals surface area contributed by atoms with Crippen molar-refractivity contribution < 1.29 is 18.7 Å². The Bertz CT molecular complexity index is 1590. The number of fused-ring (bicyclic) bond motifs is 1. The van der Waals surface area contributed by atoms with Gasteiger partial charge in [-0.1, -0.05) is 29.8 Å². The third-order valence-electron chi connectivity index (χ3n) is 5.40. The van der Waals surface area contributed by atoms with Gasteiger partial charge in [0.05, 0.1) is 28.7 Å². The smallest absolute Gasteiger partial charge is 0.282 e. The van der Waals surface area contributed by atoms with Gasteiger partial charge in [-0.25, -0.2) is 9.37 Å². The first-order valence-electron chi connectivity index (χ1n) is 11.5. The van der Waals surface area contributed by atoms with E-state index in [1.165, 1.54) is 42.3 Å². The van der Waals surface area contributed by atoms with Gasteiger partial charge in [0.2, 0.25) is 0 Å². The van der Waals surface area contributed by atoms with Gasteiger partial charge < -0.3 is 14.8 Å². The highest BCUT2D eigenvalue weighted by Crippen LogP contribution is 2.36. The predicted molar refractivity (Wildman–Crippen MR) is 152 cm³/mol. The molecule has 0 saturated carbocycles. The lowest BCUT2D eigenvalue weighted by Crippen LogP contribution is -2.23. The number of halogens is 3. The fourth-order valence-electron chi connectivity index (χ4n) is 3.60. The van der Waals surface area contributed by atoms with Gasteiger partial charge in [0, 0.05) is 16.1 Å². The van der Waals surface area contributed by atoms with Crippen molar-refractivity contribution in [2.45, 2.75) is 19.8 Å². The average Bonchev–Trinajstić information content (AvgIpc) is 2.88. The van der Waals surface area contributed by atoms with E-state index >= 15 is 0 Å². The Balaban J connectivity index is 1.58. The predicted octanol–water partition coefficient (Wildman–Crippen LogP) is 6.09. The van der Waals surface area contributed by atoms with Crippen molar-refractivity contribution in [3.05, 3.63) is 91.1 Å². The number of hydrogen-bond acceptors (Lipinski definition) is 6. The van der Waals surface area contributed by atoms with Crippen LogP contribution in [0.15, 0.2) is 73.4 Å². The van der Waals surface area contributed by atoms with E-state index in [9.17, 15) is 14.0 Å². The molecule has 8 nitrogen and oxygen atoms in total. The maximum absolute atomic E-state index is 13.2. The molecule has 4 aromatic rings. The molecule has 0 bridgehead atoms. The molecule has 1 amide bonds. The van der Waals surface area contributed by atoms with Crippen molar-refractivity contribution in [3.8, 4) is 11.5 Å². The highest BCUT2D eigenvalue weighted by molar-refractivity contribution is 9.10. The minimum atomic E-state index is -0.424. The van der Waals surface area contributed by atoms with E-state index in [-0.39, 0.29) is 18.1 Å². The van der Waals surface area contributed by atoms with Crippen LogP contribution in [-0.2, 0) is 4.79 Å². The van der Waals surface area contributed by atoms with E-state index in [2.05, 4.69) is 47.3 Å². The minimum absolute atomic E-state index is 0.0500. The second-order valence-corrected chi connectivity index (χ2v) is 10.3. The number of benzene rings is 3. The standard InChI is InChI=1S/C27H23Br2FN4O4/c1-15(2)26-33-22-9-4-17(28)12-20(22)27(36)34(26)31-13-16-10-21(29)25(23(11-16)37-3)38-14-24(35)32-19-7-5-18(30)6-8-19/h4-13,15H,14H2,1-3H3,(H,32,35). The molecular weight excluding hydrogens is 623 g/mol. The van der Waals surface area contributed by atoms with Gasteiger partial charge in [0.1, 0.15) is 11.6 Å². The number of ether oxygens (including phenoxy) is 2. The Hall–Kier alpha value is -3.57. The second kappa shape index (κ2) is 11.9. The summed E-state index contributed by atoms with van der Waals surface area (Å²) in [5.41, 5.74) is 1.38. The summed E-state index contributed by atoms with van der Waals surface area (Å²) in [6.07, 6.45) is 1.52. The highest BCUT2D eigenvalue weighted by atomic mass is 79.9. The maximum Gasteiger partial charge on any atom is 0.282 e. The topological polar surface area (TPSA) is 94.8 Å². The van der Waals surface area contributed by atoms with Crippen LogP contribution in [0, 0.1) is 5.82 Å². The zero-order valence-electron chi connectivity index (χ0n) is 20.7. The molecule has 4 rings (SSSR count). The second-order valence-electron chi connectivity index (χ2n) is 8.53. The minimum Gasteiger partial charge on any atom is -0.493 e. The molecule has 0 unspecified atom stereocenters. The molecule has 0 atom stereocenters. The van der Waals surface area contributed by atoms with E-state index in [1.54, 1.807) is 24.3 Å². The molecule has 38 heavy (non-hydrogen) atoms. The largest absolute Gasteiger partial charge is 0.493 e. The molecule has 0 fully saturated rings. The van der Waals surface area contributed by atoms with Gasteiger partial charge in [-0.3, -0.25) is 9.59 Å². The number of rotatable bonds is 8. The summed E-state index contributed by atoms with van der Waals surface area (Å²) in [4.78, 5) is 30.2. The molecular formula is C27H23Br2FN4O4. The summed E-state index contributed by atoms with van der Waals surface area (Å²) in [6, 6.07) is 14.2. The highest BCUT2D eigenvalue weighted by Gasteiger charge is 2.16. The monoisotopic (exact) mass is 644 g/mol. The first kappa shape index (κ1) is 27.5. The van der Waals surface area contributed by atoms with Crippen LogP contribution in [-0.4, -0.2) is 35.5 Å². The summed E-state index contributed by atoms with van der Waals surface area (Å²) in [6.45, 7) is 3.58. The lowest BCUT2D eigenvalue weighted by atomic mass is 10.2. The van der Waals surface area contributed by atoms with E-state index in [0.29, 0.717) is 43.9 Å². The van der Waals surface area contributed by atoms with Crippen molar-refractivity contribution in [3.63, 3.8) is 0 Å². The third kappa shape index (κ3) is 6.28. The van der Waals surface area contributed by atoms with E-state index in [0.717, 1.165) is 4.47 Å². The molecule has 196 valence electrons. The van der Waals surface area contributed by atoms with Crippen LogP contribution in [0.4, 0.5) is 10.1 Å². The summed E-state index contributed by atoms with van der Waals surface area (Å²) < 4.78 is 26.8. The number of aromatic nitrogens is 2. The van der Waals surface area contributed by atoms with E-state index < -0.39 is 11.7 Å². The lowest BCUT2D eigenvalue weighted by Gasteiger charge is -2.14. The lowest BCUT2D eigenvalue weighted by molar-refractivity contribution is -0.118. The van der Waals surface area contributed by atoms with Gasteiger partial charge in [0.25, 0.3) is 11.5 Å². The zero-order valence-corrected chi connectivity index (χ0v) is 23.8. The summed E-state index contributed by atoms with van der Waals surface area (Å²) in [5.74, 6) is 0.327. The Morgan fingerprint density at radius 2 is 1.89 bits per heavy atom. The number of anilines is 1. The normalized spacial score (nSPS) is 11.3. The zero-order chi connectivity index (χ0) is 27.4. The average molecular weight is 646 g/mol. The molecule has 0 aliphatic rings. The third-order valence-corrected chi connectivity index (χ3v) is 6.48. The van der Waals surface area contributed by atoms with Crippen molar-refractivity contribution in [2.75, 3.05) is 19.0 Å². The summed E-state index contributed by atoms with van der Waals surface area (Å²) in [5, 5.41) is 7.52. The van der Waals surface area contributed by atoms with E-state index in [4.69, 9.17) is 9.47 Å². The Morgan fingerprint density at radius 1 is 1.16 bits per heavy atom. The molecule has 0 spiro atoms. The number of nitrogens with one attached hydrogen (secondary N) is 1. The Morgan fingerprint density at radius 3 is 2.58 bits per heavy atom. The number of nitrogens with zero attached hydrogens (tertiary/aromatic N) is 3. The van der Waals surface area contributed by atoms with Gasteiger partial charge in [-0.15, -0.1) is 0 Å². The van der Waals surface area contributed by atoms with Crippen LogP contribution in [0.1, 0.15) is 31.2 Å². The number of amides is 1. The van der Waals surface area contributed by atoms with Gasteiger partial charge in [0.15, 0.2) is 18.1 Å². The molecule has 1 aromatic heterocycles. The summed E-state index contributed by atoms with van der Waals surface area (Å²) in [7, 11) is 1.47. The van der Waals surface area contributed by atoms with Crippen molar-refractivity contribution >= 4 is 60.6 Å². The molecule has 11 heteroatoms. The Labute approximate surface area is 234 Å². The van der Waals surface area contributed by atoms with Crippen molar-refractivity contribution in [1.29, 1.82) is 0 Å². The van der Waals surface area contributed by atoms with E-state index in [1.807, 2.05) is 19.9 Å². The van der Waals surface area contributed by atoms with Crippen LogP contribution in [0.3, 0.4) is 0 Å². The SMILES string of the molecule is COc1cc(C=Nn2c(C(C)C)nc3ccc(Br)cc3c2=O)cc(Br)c1OCC(=O)Nc1ccc(F)cc1. The molecule has 0 saturated heterocycles. The molecule has 1 heterocycles. The molecule has 3 aromatic carbocycles. The van der Waals surface area contributed by atoms with Gasteiger partial charge in [-0.05, 0) is 76.1 Å². The number of carbonyl (C=O) groups is 1. The Kier molecular flexibility index (Phi) is 8.58. The van der Waals surface area contributed by atoms with Crippen LogP contribution >= 0.6 is 31.9 Å². The first-order valence-corrected chi connectivity index (χ1v) is 13.1. The summed E-state index contributed by atoms with van der Waals surface area (Å²) >= 11 is 6.86. The van der Waals surface area contributed by atoms with Crippen LogP contribution in [0.25, 0.3) is 10.9 Å². The van der Waals surface area contributed by atoms with Crippen molar-refractivity contribution in [2.24, 2.45) is 5.10 Å². The van der Waals surface area contributed by atoms with Crippen LogP contribution in [0.2, 0.25) is 0 Å². The van der Waals surface area contributed by atoms with Crippen molar-refractivity contribution in [1.82, 2.24) is 9.66 Å². The van der Waals surface area contributed by atoms with Crippen LogP contribution in [0.5, 0.6) is 11.5 Å². The first-order chi connectivity index (χ1) is 18.2. The number of hydrogen-bond donors (Lipinski definition) is 1. The number of methoxy groups -OCH3 is 1. The molecule has 1 N–H and O–H groups in total. The quantitative estimate of drug-likeness (QED) is 0.234. The maximum atomic E-state index is 13.2. The molecule has 0 aliphatic carbocycles. The van der Waals surface area contributed by atoms with Gasteiger partial charge in [-0.2, -0.15) is 9.78 Å².